The predicted molar refractivity (Wildman–Crippen MR) is 51.0 cm³/mol. The molecule has 0 aromatic heterocycles. The van der Waals surface area contributed by atoms with Gasteiger partial charge in [0.05, 0.1) is 13.2 Å². The number of carbonyl (C=O) groups is 1. The molecule has 0 fully saturated rings. The maximum absolute atomic E-state index is 12.1. The van der Waals surface area contributed by atoms with Gasteiger partial charge in [0.15, 0.2) is 0 Å². The number of aliphatic hydroxyl groups excluding tert-OH is 1. The van der Waals surface area contributed by atoms with Crippen LogP contribution >= 0.6 is 0 Å². The van der Waals surface area contributed by atoms with Crippen molar-refractivity contribution in [3.8, 4) is 0 Å². The minimum atomic E-state index is -4.36. The highest BCUT2D eigenvalue weighted by molar-refractivity contribution is 5.85. The van der Waals surface area contributed by atoms with Gasteiger partial charge >= 0.3 is 12.1 Å². The van der Waals surface area contributed by atoms with E-state index in [1.165, 1.54) is 13.0 Å². The van der Waals surface area contributed by atoms with Crippen LogP contribution in [0.1, 0.15) is 6.92 Å². The van der Waals surface area contributed by atoms with Crippen molar-refractivity contribution in [1.82, 2.24) is 4.90 Å². The number of aliphatic hydroxyl groups is 1. The quantitative estimate of drug-likeness (QED) is 0.677. The Bertz CT molecular complexity index is 263. The lowest BCUT2D eigenvalue weighted by molar-refractivity contribution is -0.145. The van der Waals surface area contributed by atoms with Gasteiger partial charge in [0.2, 0.25) is 0 Å². The van der Waals surface area contributed by atoms with Crippen molar-refractivity contribution in [2.45, 2.75) is 13.1 Å². The van der Waals surface area contributed by atoms with Crippen LogP contribution in [0.2, 0.25) is 0 Å². The van der Waals surface area contributed by atoms with Crippen LogP contribution in [0.15, 0.2) is 11.6 Å². The second-order valence-corrected chi connectivity index (χ2v) is 3.27. The Labute approximate surface area is 91.0 Å². The fraction of sp³-hybridized carbons (Fsp3) is 0.667. The van der Waals surface area contributed by atoms with Crippen LogP contribution in [0.3, 0.4) is 0 Å². The third-order valence-electron chi connectivity index (χ3n) is 1.81. The van der Waals surface area contributed by atoms with E-state index in [2.05, 4.69) is 0 Å². The normalized spacial score (nSPS) is 13.2. The number of rotatable bonds is 6. The van der Waals surface area contributed by atoms with Crippen molar-refractivity contribution in [1.29, 1.82) is 0 Å². The predicted octanol–water partition coefficient (Wildman–Crippen LogP) is 0.874. The van der Waals surface area contributed by atoms with E-state index < -0.39 is 25.3 Å². The zero-order valence-electron chi connectivity index (χ0n) is 8.79. The zero-order valence-corrected chi connectivity index (χ0v) is 8.79. The van der Waals surface area contributed by atoms with Gasteiger partial charge in [-0.15, -0.1) is 0 Å². The maximum Gasteiger partial charge on any atom is 0.401 e. The summed E-state index contributed by atoms with van der Waals surface area (Å²) < 4.78 is 36.2. The molecule has 0 heterocycles. The molecular weight excluding hydrogens is 227 g/mol. The lowest BCUT2D eigenvalue weighted by atomic mass is 10.3. The molecule has 0 aliphatic rings. The van der Waals surface area contributed by atoms with E-state index in [0.29, 0.717) is 0 Å². The average molecular weight is 241 g/mol. The Morgan fingerprint density at radius 2 is 2.00 bits per heavy atom. The fourth-order valence-electron chi connectivity index (χ4n) is 0.983. The van der Waals surface area contributed by atoms with Crippen LogP contribution in [0.4, 0.5) is 13.2 Å². The first-order valence-corrected chi connectivity index (χ1v) is 4.56. The molecule has 0 aromatic carbocycles. The molecule has 0 aliphatic carbocycles. The Hall–Kier alpha value is -1.08. The van der Waals surface area contributed by atoms with E-state index in [1.54, 1.807) is 0 Å². The van der Waals surface area contributed by atoms with E-state index in [0.717, 1.165) is 4.90 Å². The monoisotopic (exact) mass is 241 g/mol. The number of alkyl halides is 3. The molecule has 0 amide bonds. The molecule has 2 N–H and O–H groups in total. The van der Waals surface area contributed by atoms with Gasteiger partial charge < -0.3 is 10.2 Å². The molecule has 0 aliphatic heterocycles. The van der Waals surface area contributed by atoms with Crippen LogP contribution in [0.5, 0.6) is 0 Å². The smallest absolute Gasteiger partial charge is 0.401 e. The first-order chi connectivity index (χ1) is 7.26. The van der Waals surface area contributed by atoms with Crippen molar-refractivity contribution in [2.75, 3.05) is 26.2 Å². The largest absolute Gasteiger partial charge is 0.478 e. The van der Waals surface area contributed by atoms with Crippen LogP contribution in [0, 0.1) is 0 Å². The topological polar surface area (TPSA) is 60.8 Å². The number of carboxylic acids is 1. The molecule has 0 radical (unpaired) electrons. The van der Waals surface area contributed by atoms with Gasteiger partial charge in [-0.25, -0.2) is 4.79 Å². The standard InChI is InChI=1S/C9H14F3NO3/c1-7(8(15)16)2-3-13(4-5-14)6-9(10,11)12/h2,14H,3-6H2,1H3,(H,15,16). The van der Waals surface area contributed by atoms with Gasteiger partial charge in [-0.1, -0.05) is 6.08 Å². The van der Waals surface area contributed by atoms with Gasteiger partial charge in [-0.2, -0.15) is 13.2 Å². The third kappa shape index (κ3) is 7.24. The number of halogens is 3. The molecule has 0 rings (SSSR count). The Kier molecular flexibility index (Phi) is 6.05. The third-order valence-corrected chi connectivity index (χ3v) is 1.81. The highest BCUT2D eigenvalue weighted by atomic mass is 19.4. The molecule has 0 saturated carbocycles. The molecular formula is C9H14F3NO3. The molecule has 0 atom stereocenters. The first kappa shape index (κ1) is 14.9. The summed E-state index contributed by atoms with van der Waals surface area (Å²) in [5.41, 5.74) is -0.0230. The zero-order chi connectivity index (χ0) is 12.8. The number of nitrogens with zero attached hydrogens (tertiary/aromatic N) is 1. The number of hydrogen-bond donors (Lipinski definition) is 2. The Morgan fingerprint density at radius 3 is 2.38 bits per heavy atom. The van der Waals surface area contributed by atoms with E-state index in [1.807, 2.05) is 0 Å². The highest BCUT2D eigenvalue weighted by Crippen LogP contribution is 2.16. The minimum Gasteiger partial charge on any atom is -0.478 e. The number of aliphatic carboxylic acids is 1. The molecule has 0 bridgehead atoms. The van der Waals surface area contributed by atoms with Crippen molar-refractivity contribution < 1.29 is 28.2 Å². The summed E-state index contributed by atoms with van der Waals surface area (Å²) in [7, 11) is 0. The summed E-state index contributed by atoms with van der Waals surface area (Å²) in [4.78, 5) is 11.3. The summed E-state index contributed by atoms with van der Waals surface area (Å²) in [5.74, 6) is -1.17. The summed E-state index contributed by atoms with van der Waals surface area (Å²) in [5, 5.41) is 17.1. The summed E-state index contributed by atoms with van der Waals surface area (Å²) >= 11 is 0. The Balaban J connectivity index is 4.34. The number of hydrogen-bond acceptors (Lipinski definition) is 3. The summed E-state index contributed by atoms with van der Waals surface area (Å²) in [6.45, 7) is -0.582. The minimum absolute atomic E-state index is 0.0230. The molecule has 4 nitrogen and oxygen atoms in total. The van der Waals surface area contributed by atoms with E-state index >= 15 is 0 Å². The summed E-state index contributed by atoms with van der Waals surface area (Å²) in [6, 6.07) is 0. The molecule has 7 heteroatoms. The second-order valence-electron chi connectivity index (χ2n) is 3.27. The molecule has 0 unspecified atom stereocenters. The van der Waals surface area contributed by atoms with E-state index in [4.69, 9.17) is 10.2 Å². The van der Waals surface area contributed by atoms with Gasteiger partial charge in [0, 0.05) is 18.7 Å². The van der Waals surface area contributed by atoms with Crippen LogP contribution in [-0.2, 0) is 4.79 Å². The van der Waals surface area contributed by atoms with Crippen molar-refractivity contribution in [2.24, 2.45) is 0 Å². The van der Waals surface area contributed by atoms with Gasteiger partial charge in [0.25, 0.3) is 0 Å². The van der Waals surface area contributed by atoms with Crippen molar-refractivity contribution >= 4 is 5.97 Å². The lowest BCUT2D eigenvalue weighted by Crippen LogP contribution is -2.36. The van der Waals surface area contributed by atoms with Crippen LogP contribution < -0.4 is 0 Å². The molecule has 94 valence electrons. The molecule has 0 aromatic rings. The SMILES string of the molecule is CC(=CCN(CCO)CC(F)(F)F)C(=O)O. The van der Waals surface area contributed by atoms with E-state index in [9.17, 15) is 18.0 Å². The lowest BCUT2D eigenvalue weighted by Gasteiger charge is -2.21. The maximum atomic E-state index is 12.1. The van der Waals surface area contributed by atoms with Gasteiger partial charge in [0.1, 0.15) is 0 Å². The average Bonchev–Trinajstić information content (AvgIpc) is 2.11. The van der Waals surface area contributed by atoms with Crippen LogP contribution in [-0.4, -0.2) is 53.5 Å². The highest BCUT2D eigenvalue weighted by Gasteiger charge is 2.30. The van der Waals surface area contributed by atoms with Crippen LogP contribution in [0.25, 0.3) is 0 Å². The molecule has 16 heavy (non-hydrogen) atoms. The fourth-order valence-corrected chi connectivity index (χ4v) is 0.983. The van der Waals surface area contributed by atoms with Gasteiger partial charge in [-0.3, -0.25) is 4.90 Å². The van der Waals surface area contributed by atoms with Gasteiger partial charge in [-0.05, 0) is 6.92 Å². The van der Waals surface area contributed by atoms with Crippen molar-refractivity contribution in [3.63, 3.8) is 0 Å². The first-order valence-electron chi connectivity index (χ1n) is 4.56. The summed E-state index contributed by atoms with van der Waals surface area (Å²) in [6.07, 6.45) is -3.18. The number of carboxylic acid groups (broad SMARTS) is 1. The second kappa shape index (κ2) is 6.49. The van der Waals surface area contributed by atoms with E-state index in [-0.39, 0.29) is 18.7 Å². The molecule has 0 saturated heterocycles. The van der Waals surface area contributed by atoms with Crippen molar-refractivity contribution in [3.05, 3.63) is 11.6 Å². The Morgan fingerprint density at radius 1 is 1.44 bits per heavy atom. The molecule has 0 spiro atoms.